The fraction of sp³-hybridized carbons (Fsp3) is 0.467. The standard InChI is InChI=1S/C13H22N2O2.C2H2O4/c1-15(2)8-7-14-10-11-9-12(16-3)5-6-13(11)17-4;3-1(4)2(5)6/h5-6,9,14H,7-8,10H2,1-4H3;(H,3,4)(H,5,6). The van der Waals surface area contributed by atoms with Gasteiger partial charge in [0.05, 0.1) is 14.2 Å². The number of carboxylic acid groups (broad SMARTS) is 2. The molecule has 0 aliphatic carbocycles. The number of hydrogen-bond donors (Lipinski definition) is 3. The summed E-state index contributed by atoms with van der Waals surface area (Å²) in [6.07, 6.45) is 0. The summed E-state index contributed by atoms with van der Waals surface area (Å²) in [5.41, 5.74) is 1.12. The van der Waals surface area contributed by atoms with Crippen molar-refractivity contribution in [1.29, 1.82) is 0 Å². The Kier molecular flexibility index (Phi) is 10.1. The number of likely N-dealkylation sites (N-methyl/N-ethyl adjacent to an activating group) is 1. The molecule has 0 amide bonds. The lowest BCUT2D eigenvalue weighted by atomic mass is 10.2. The maximum absolute atomic E-state index is 9.10. The SMILES string of the molecule is COc1ccc(OC)c(CNCCN(C)C)c1.O=C(O)C(=O)O. The molecule has 0 atom stereocenters. The molecule has 0 fully saturated rings. The van der Waals surface area contributed by atoms with Crippen molar-refractivity contribution >= 4 is 11.9 Å². The molecule has 130 valence electrons. The van der Waals surface area contributed by atoms with E-state index in [0.29, 0.717) is 0 Å². The Morgan fingerprint density at radius 1 is 1.13 bits per heavy atom. The highest BCUT2D eigenvalue weighted by atomic mass is 16.5. The van der Waals surface area contributed by atoms with Gasteiger partial charge in [-0.1, -0.05) is 0 Å². The minimum absolute atomic E-state index is 0.786. The molecule has 0 saturated carbocycles. The molecule has 0 unspecified atom stereocenters. The van der Waals surface area contributed by atoms with Crippen molar-refractivity contribution in [3.05, 3.63) is 23.8 Å². The monoisotopic (exact) mass is 328 g/mol. The average Bonchev–Trinajstić information content (AvgIpc) is 2.51. The largest absolute Gasteiger partial charge is 0.497 e. The van der Waals surface area contributed by atoms with Crippen LogP contribution >= 0.6 is 0 Å². The molecule has 0 radical (unpaired) electrons. The van der Waals surface area contributed by atoms with Gasteiger partial charge in [0.2, 0.25) is 0 Å². The molecule has 0 aromatic heterocycles. The van der Waals surface area contributed by atoms with E-state index in [1.807, 2.05) is 18.2 Å². The van der Waals surface area contributed by atoms with E-state index in [1.54, 1.807) is 14.2 Å². The van der Waals surface area contributed by atoms with Crippen LogP contribution in [0.25, 0.3) is 0 Å². The molecule has 23 heavy (non-hydrogen) atoms. The van der Waals surface area contributed by atoms with Gasteiger partial charge in [0.15, 0.2) is 0 Å². The first-order valence-electron chi connectivity index (χ1n) is 6.84. The maximum Gasteiger partial charge on any atom is 0.414 e. The molecule has 0 heterocycles. The van der Waals surface area contributed by atoms with Gasteiger partial charge in [-0.2, -0.15) is 0 Å². The van der Waals surface area contributed by atoms with E-state index in [0.717, 1.165) is 36.7 Å². The third-order valence-corrected chi connectivity index (χ3v) is 2.72. The minimum atomic E-state index is -1.82. The van der Waals surface area contributed by atoms with E-state index >= 15 is 0 Å². The van der Waals surface area contributed by atoms with E-state index in [9.17, 15) is 0 Å². The molecule has 1 aromatic carbocycles. The zero-order chi connectivity index (χ0) is 17.8. The summed E-state index contributed by atoms with van der Waals surface area (Å²) in [7, 11) is 7.48. The van der Waals surface area contributed by atoms with Crippen LogP contribution in [0.4, 0.5) is 0 Å². The Balaban J connectivity index is 0.000000688. The molecule has 0 aliphatic heterocycles. The summed E-state index contributed by atoms with van der Waals surface area (Å²) in [6, 6.07) is 5.84. The fourth-order valence-corrected chi connectivity index (χ4v) is 1.55. The summed E-state index contributed by atoms with van der Waals surface area (Å²) < 4.78 is 10.5. The van der Waals surface area contributed by atoms with Crippen molar-refractivity contribution in [3.8, 4) is 11.5 Å². The number of rotatable bonds is 7. The predicted molar refractivity (Wildman–Crippen MR) is 85.1 cm³/mol. The van der Waals surface area contributed by atoms with Crippen LogP contribution in [0.3, 0.4) is 0 Å². The summed E-state index contributed by atoms with van der Waals surface area (Å²) in [5.74, 6) is -1.90. The number of carbonyl (C=O) groups is 2. The summed E-state index contributed by atoms with van der Waals surface area (Å²) in [5, 5.41) is 18.2. The Morgan fingerprint density at radius 2 is 1.74 bits per heavy atom. The van der Waals surface area contributed by atoms with E-state index in [1.165, 1.54) is 0 Å². The predicted octanol–water partition coefficient (Wildman–Crippen LogP) is 0.511. The van der Waals surface area contributed by atoms with Gasteiger partial charge in [-0.15, -0.1) is 0 Å². The second-order valence-corrected chi connectivity index (χ2v) is 4.77. The van der Waals surface area contributed by atoms with Crippen LogP contribution < -0.4 is 14.8 Å². The Hall–Kier alpha value is -2.32. The first-order chi connectivity index (χ1) is 10.8. The van der Waals surface area contributed by atoms with Crippen LogP contribution in [0.5, 0.6) is 11.5 Å². The third-order valence-electron chi connectivity index (χ3n) is 2.72. The Morgan fingerprint density at radius 3 is 2.17 bits per heavy atom. The first kappa shape index (κ1) is 20.7. The second kappa shape index (κ2) is 11.3. The second-order valence-electron chi connectivity index (χ2n) is 4.77. The summed E-state index contributed by atoms with van der Waals surface area (Å²) >= 11 is 0. The Labute approximate surface area is 135 Å². The topological polar surface area (TPSA) is 108 Å². The van der Waals surface area contributed by atoms with E-state index in [-0.39, 0.29) is 0 Å². The highest BCUT2D eigenvalue weighted by Crippen LogP contribution is 2.23. The van der Waals surface area contributed by atoms with Crippen LogP contribution in [-0.4, -0.2) is 68.5 Å². The van der Waals surface area contributed by atoms with Crippen LogP contribution in [0.1, 0.15) is 5.56 Å². The van der Waals surface area contributed by atoms with Gasteiger partial charge < -0.3 is 29.9 Å². The van der Waals surface area contributed by atoms with Crippen LogP contribution in [0, 0.1) is 0 Å². The van der Waals surface area contributed by atoms with E-state index in [2.05, 4.69) is 24.3 Å². The number of methoxy groups -OCH3 is 2. The Bertz CT molecular complexity index is 493. The molecule has 3 N–H and O–H groups in total. The van der Waals surface area contributed by atoms with Gasteiger partial charge in [0, 0.05) is 25.2 Å². The van der Waals surface area contributed by atoms with Crippen molar-refractivity contribution in [3.63, 3.8) is 0 Å². The highest BCUT2D eigenvalue weighted by Gasteiger charge is 2.05. The number of hydrogen-bond acceptors (Lipinski definition) is 6. The molecule has 0 spiro atoms. The number of ether oxygens (including phenoxy) is 2. The maximum atomic E-state index is 9.10. The molecule has 8 nitrogen and oxygen atoms in total. The quantitative estimate of drug-likeness (QED) is 0.491. The van der Waals surface area contributed by atoms with Crippen molar-refractivity contribution in [1.82, 2.24) is 10.2 Å². The van der Waals surface area contributed by atoms with Gasteiger partial charge >= 0.3 is 11.9 Å². The normalized spacial score (nSPS) is 9.78. The first-order valence-corrected chi connectivity index (χ1v) is 6.84. The van der Waals surface area contributed by atoms with E-state index < -0.39 is 11.9 Å². The number of benzene rings is 1. The molecular weight excluding hydrogens is 304 g/mol. The lowest BCUT2D eigenvalue weighted by molar-refractivity contribution is -0.159. The van der Waals surface area contributed by atoms with Crippen molar-refractivity contribution < 1.29 is 29.3 Å². The van der Waals surface area contributed by atoms with Crippen molar-refractivity contribution in [2.75, 3.05) is 41.4 Å². The van der Waals surface area contributed by atoms with Crippen molar-refractivity contribution in [2.24, 2.45) is 0 Å². The third kappa shape index (κ3) is 9.33. The lowest BCUT2D eigenvalue weighted by Gasteiger charge is -2.13. The number of nitrogens with one attached hydrogen (secondary N) is 1. The minimum Gasteiger partial charge on any atom is -0.497 e. The van der Waals surface area contributed by atoms with Gasteiger partial charge in [-0.25, -0.2) is 9.59 Å². The molecular formula is C15H24N2O6. The molecule has 8 heteroatoms. The zero-order valence-electron chi connectivity index (χ0n) is 13.8. The van der Waals surface area contributed by atoms with Crippen LogP contribution in [0.2, 0.25) is 0 Å². The van der Waals surface area contributed by atoms with Gasteiger partial charge in [0.1, 0.15) is 11.5 Å². The van der Waals surface area contributed by atoms with Crippen molar-refractivity contribution in [2.45, 2.75) is 6.54 Å². The number of aliphatic carboxylic acids is 2. The highest BCUT2D eigenvalue weighted by molar-refractivity contribution is 6.27. The van der Waals surface area contributed by atoms with Gasteiger partial charge in [-0.05, 0) is 32.3 Å². The smallest absolute Gasteiger partial charge is 0.414 e. The lowest BCUT2D eigenvalue weighted by Crippen LogP contribution is -2.26. The molecule has 1 aromatic rings. The fourth-order valence-electron chi connectivity index (χ4n) is 1.55. The zero-order valence-corrected chi connectivity index (χ0v) is 13.8. The number of nitrogens with zero attached hydrogens (tertiary/aromatic N) is 1. The molecule has 0 aliphatic rings. The molecule has 1 rings (SSSR count). The molecule has 0 saturated heterocycles. The summed E-state index contributed by atoms with van der Waals surface area (Å²) in [4.78, 5) is 20.3. The van der Waals surface area contributed by atoms with Crippen LogP contribution in [0.15, 0.2) is 18.2 Å². The average molecular weight is 328 g/mol. The molecule has 0 bridgehead atoms. The number of carboxylic acids is 2. The van der Waals surface area contributed by atoms with E-state index in [4.69, 9.17) is 29.3 Å². The van der Waals surface area contributed by atoms with Gasteiger partial charge in [0.25, 0.3) is 0 Å². The van der Waals surface area contributed by atoms with Gasteiger partial charge in [-0.3, -0.25) is 0 Å². The van der Waals surface area contributed by atoms with Crippen LogP contribution in [-0.2, 0) is 16.1 Å². The summed E-state index contributed by atoms with van der Waals surface area (Å²) in [6.45, 7) is 2.76.